The molecule has 90 valence electrons. The van der Waals surface area contributed by atoms with Gasteiger partial charge in [0.15, 0.2) is 0 Å². The molecule has 0 aliphatic carbocycles. The lowest BCUT2D eigenvalue weighted by molar-refractivity contribution is 0.0655. The number of rotatable bonds is 4. The predicted molar refractivity (Wildman–Crippen MR) is 64.9 cm³/mol. The van der Waals surface area contributed by atoms with Crippen molar-refractivity contribution in [2.45, 2.75) is 53.0 Å². The van der Waals surface area contributed by atoms with Gasteiger partial charge in [-0.25, -0.2) is 0 Å². The molecule has 0 radical (unpaired) electrons. The average molecular weight is 213 g/mol. The first kappa shape index (κ1) is 13.0. The van der Waals surface area contributed by atoms with Gasteiger partial charge in [0.05, 0.1) is 0 Å². The van der Waals surface area contributed by atoms with Crippen LogP contribution in [0.3, 0.4) is 0 Å². The van der Waals surface area contributed by atoms with Gasteiger partial charge < -0.3 is 10.0 Å². The monoisotopic (exact) mass is 213 g/mol. The molecule has 0 unspecified atom stereocenters. The Balaban J connectivity index is 2.43. The van der Waals surface area contributed by atoms with Crippen molar-refractivity contribution in [2.75, 3.05) is 19.7 Å². The molecule has 0 atom stereocenters. The first-order valence-electron chi connectivity index (χ1n) is 6.32. The van der Waals surface area contributed by atoms with Crippen LogP contribution in [0, 0.1) is 11.3 Å². The molecule has 1 aliphatic rings. The highest BCUT2D eigenvalue weighted by molar-refractivity contribution is 4.84. The Morgan fingerprint density at radius 2 is 1.80 bits per heavy atom. The molecule has 1 fully saturated rings. The molecule has 0 spiro atoms. The van der Waals surface area contributed by atoms with Gasteiger partial charge in [-0.3, -0.25) is 0 Å². The molecule has 0 saturated carbocycles. The number of nitrogens with zero attached hydrogens (tertiary/aromatic N) is 1. The van der Waals surface area contributed by atoms with Crippen LogP contribution in [0.4, 0.5) is 0 Å². The normalized spacial score (nSPS) is 21.2. The molecule has 1 rings (SSSR count). The average Bonchev–Trinajstić information content (AvgIpc) is 2.18. The number of piperidine rings is 1. The van der Waals surface area contributed by atoms with Crippen molar-refractivity contribution >= 4 is 0 Å². The number of aliphatic hydroxyl groups excluding tert-OH is 1. The van der Waals surface area contributed by atoms with Gasteiger partial charge in [0.25, 0.3) is 0 Å². The van der Waals surface area contributed by atoms with Gasteiger partial charge in [0.2, 0.25) is 0 Å². The summed E-state index contributed by atoms with van der Waals surface area (Å²) in [5.41, 5.74) is 0.317. The van der Waals surface area contributed by atoms with Crippen LogP contribution in [-0.4, -0.2) is 35.7 Å². The fraction of sp³-hybridized carbons (Fsp3) is 1.00. The molecule has 0 bridgehead atoms. The second-order valence-corrected chi connectivity index (χ2v) is 5.87. The van der Waals surface area contributed by atoms with Crippen molar-refractivity contribution in [1.29, 1.82) is 0 Å². The summed E-state index contributed by atoms with van der Waals surface area (Å²) >= 11 is 0. The number of hydrogen-bond donors (Lipinski definition) is 1. The molecule has 0 aromatic carbocycles. The molecule has 0 amide bonds. The minimum Gasteiger partial charge on any atom is -0.396 e. The maximum atomic E-state index is 9.06. The quantitative estimate of drug-likeness (QED) is 0.775. The molecular formula is C13H27NO. The van der Waals surface area contributed by atoms with Crippen LogP contribution in [0.2, 0.25) is 0 Å². The van der Waals surface area contributed by atoms with Gasteiger partial charge in [-0.05, 0) is 57.5 Å². The van der Waals surface area contributed by atoms with Crippen LogP contribution in [-0.2, 0) is 0 Å². The van der Waals surface area contributed by atoms with Gasteiger partial charge in [0.1, 0.15) is 0 Å². The standard InChI is InChI=1S/C13H27NO/c1-11(2)14-8-5-12(6-9-14)13(3,4)7-10-15/h11-12,15H,5-10H2,1-4H3. The zero-order valence-corrected chi connectivity index (χ0v) is 10.8. The summed E-state index contributed by atoms with van der Waals surface area (Å²) in [4.78, 5) is 2.56. The number of likely N-dealkylation sites (tertiary alicyclic amines) is 1. The van der Waals surface area contributed by atoms with Crippen molar-refractivity contribution in [3.8, 4) is 0 Å². The third kappa shape index (κ3) is 3.46. The largest absolute Gasteiger partial charge is 0.396 e. The fourth-order valence-electron chi connectivity index (χ4n) is 2.69. The Morgan fingerprint density at radius 1 is 1.27 bits per heavy atom. The van der Waals surface area contributed by atoms with Crippen LogP contribution in [0.1, 0.15) is 47.0 Å². The lowest BCUT2D eigenvalue weighted by atomic mass is 9.72. The van der Waals surface area contributed by atoms with Crippen molar-refractivity contribution in [2.24, 2.45) is 11.3 Å². The number of hydrogen-bond acceptors (Lipinski definition) is 2. The Labute approximate surface area is 94.7 Å². The van der Waals surface area contributed by atoms with Crippen LogP contribution in [0.5, 0.6) is 0 Å². The van der Waals surface area contributed by atoms with Gasteiger partial charge in [-0.2, -0.15) is 0 Å². The molecule has 0 aromatic heterocycles. The topological polar surface area (TPSA) is 23.5 Å². The zero-order valence-electron chi connectivity index (χ0n) is 10.8. The molecule has 15 heavy (non-hydrogen) atoms. The lowest BCUT2D eigenvalue weighted by Crippen LogP contribution is -2.42. The lowest BCUT2D eigenvalue weighted by Gasteiger charge is -2.42. The van der Waals surface area contributed by atoms with Crippen molar-refractivity contribution < 1.29 is 5.11 Å². The van der Waals surface area contributed by atoms with E-state index in [1.165, 1.54) is 25.9 Å². The summed E-state index contributed by atoms with van der Waals surface area (Å²) < 4.78 is 0. The molecule has 0 aromatic rings. The van der Waals surface area contributed by atoms with E-state index in [-0.39, 0.29) is 0 Å². The predicted octanol–water partition coefficient (Wildman–Crippen LogP) is 2.52. The van der Waals surface area contributed by atoms with E-state index >= 15 is 0 Å². The van der Waals surface area contributed by atoms with Gasteiger partial charge in [-0.1, -0.05) is 13.8 Å². The minimum atomic E-state index is 0.317. The Morgan fingerprint density at radius 3 is 2.20 bits per heavy atom. The molecule has 2 heteroatoms. The van der Waals surface area contributed by atoms with Gasteiger partial charge >= 0.3 is 0 Å². The minimum absolute atomic E-state index is 0.317. The second kappa shape index (κ2) is 5.31. The summed E-state index contributed by atoms with van der Waals surface area (Å²) in [7, 11) is 0. The van der Waals surface area contributed by atoms with E-state index in [4.69, 9.17) is 5.11 Å². The van der Waals surface area contributed by atoms with Crippen LogP contribution >= 0.6 is 0 Å². The highest BCUT2D eigenvalue weighted by Gasteiger charge is 2.32. The molecular weight excluding hydrogens is 186 g/mol. The summed E-state index contributed by atoms with van der Waals surface area (Å²) in [5.74, 6) is 0.791. The molecule has 1 saturated heterocycles. The maximum Gasteiger partial charge on any atom is 0.0436 e. The fourth-order valence-corrected chi connectivity index (χ4v) is 2.69. The highest BCUT2D eigenvalue weighted by atomic mass is 16.3. The van der Waals surface area contributed by atoms with Gasteiger partial charge in [-0.15, -0.1) is 0 Å². The maximum absolute atomic E-state index is 9.06. The van der Waals surface area contributed by atoms with E-state index in [2.05, 4.69) is 32.6 Å². The zero-order chi connectivity index (χ0) is 11.5. The van der Waals surface area contributed by atoms with E-state index in [1.54, 1.807) is 0 Å². The smallest absolute Gasteiger partial charge is 0.0436 e. The Kier molecular flexibility index (Phi) is 4.60. The number of aliphatic hydroxyl groups is 1. The highest BCUT2D eigenvalue weighted by Crippen LogP contribution is 2.37. The molecule has 1 heterocycles. The second-order valence-electron chi connectivity index (χ2n) is 5.87. The van der Waals surface area contributed by atoms with Crippen LogP contribution in [0.15, 0.2) is 0 Å². The molecule has 1 N–H and O–H groups in total. The summed E-state index contributed by atoms with van der Waals surface area (Å²) in [6.07, 6.45) is 3.54. The van der Waals surface area contributed by atoms with E-state index < -0.39 is 0 Å². The third-order valence-corrected chi connectivity index (χ3v) is 4.12. The summed E-state index contributed by atoms with van der Waals surface area (Å²) in [6, 6.07) is 0.687. The SMILES string of the molecule is CC(C)N1CCC(C(C)(C)CCO)CC1. The van der Waals surface area contributed by atoms with E-state index in [0.717, 1.165) is 12.3 Å². The molecule has 2 nitrogen and oxygen atoms in total. The van der Waals surface area contributed by atoms with Crippen molar-refractivity contribution in [3.05, 3.63) is 0 Å². The van der Waals surface area contributed by atoms with Gasteiger partial charge in [0, 0.05) is 12.6 Å². The first-order chi connectivity index (χ1) is 6.97. The van der Waals surface area contributed by atoms with E-state index in [0.29, 0.717) is 18.1 Å². The van der Waals surface area contributed by atoms with Crippen LogP contribution < -0.4 is 0 Å². The van der Waals surface area contributed by atoms with Crippen LogP contribution in [0.25, 0.3) is 0 Å². The van der Waals surface area contributed by atoms with E-state index in [9.17, 15) is 0 Å². The Bertz CT molecular complexity index is 181. The summed E-state index contributed by atoms with van der Waals surface area (Å²) in [5, 5.41) is 9.06. The van der Waals surface area contributed by atoms with E-state index in [1.807, 2.05) is 0 Å². The Hall–Kier alpha value is -0.0800. The van der Waals surface area contributed by atoms with Crippen molar-refractivity contribution in [3.63, 3.8) is 0 Å². The van der Waals surface area contributed by atoms with Crippen molar-refractivity contribution in [1.82, 2.24) is 4.90 Å². The third-order valence-electron chi connectivity index (χ3n) is 4.12. The molecule has 1 aliphatic heterocycles. The summed E-state index contributed by atoms with van der Waals surface area (Å²) in [6.45, 7) is 12.0. The first-order valence-corrected chi connectivity index (χ1v) is 6.32.